The molecule has 0 spiro atoms. The van der Waals surface area contributed by atoms with E-state index in [0.29, 0.717) is 17.8 Å². The molecule has 17 heavy (non-hydrogen) atoms. The van der Waals surface area contributed by atoms with Crippen molar-refractivity contribution in [3.05, 3.63) is 23.8 Å². The standard InChI is InChI=1S/C10H9F3N4/c1-5-2-6-8(7-3-14-4-17(5)7)15-16-9(6)10(11,12)13/h3-5H,2H2,1H3,(H,15,16). The van der Waals surface area contributed by atoms with Crippen LogP contribution in [-0.4, -0.2) is 19.7 Å². The van der Waals surface area contributed by atoms with Gasteiger partial charge in [-0.25, -0.2) is 4.98 Å². The summed E-state index contributed by atoms with van der Waals surface area (Å²) in [7, 11) is 0. The Morgan fingerprint density at radius 2 is 2.24 bits per heavy atom. The van der Waals surface area contributed by atoms with Gasteiger partial charge in [0, 0.05) is 11.6 Å². The number of aromatic amines is 1. The zero-order chi connectivity index (χ0) is 12.2. The molecule has 0 bridgehead atoms. The van der Waals surface area contributed by atoms with Gasteiger partial charge in [0.2, 0.25) is 0 Å². The summed E-state index contributed by atoms with van der Waals surface area (Å²) in [5, 5.41) is 5.86. The highest BCUT2D eigenvalue weighted by molar-refractivity contribution is 5.62. The number of imidazole rings is 1. The number of hydrogen-bond donors (Lipinski definition) is 1. The van der Waals surface area contributed by atoms with Crippen molar-refractivity contribution in [1.82, 2.24) is 19.7 Å². The second-order valence-electron chi connectivity index (χ2n) is 4.16. The average Bonchev–Trinajstić information content (AvgIpc) is 2.78. The molecule has 0 saturated carbocycles. The number of halogens is 3. The maximum absolute atomic E-state index is 12.7. The monoisotopic (exact) mass is 242 g/mol. The molecule has 1 atom stereocenters. The Kier molecular flexibility index (Phi) is 1.90. The first kappa shape index (κ1) is 10.4. The molecular formula is C10H9F3N4. The topological polar surface area (TPSA) is 46.5 Å². The molecule has 1 aliphatic rings. The Labute approximate surface area is 94.5 Å². The van der Waals surface area contributed by atoms with Gasteiger partial charge >= 0.3 is 6.18 Å². The first-order valence-electron chi connectivity index (χ1n) is 5.15. The Morgan fingerprint density at radius 3 is 2.94 bits per heavy atom. The molecule has 7 heteroatoms. The van der Waals surface area contributed by atoms with Crippen molar-refractivity contribution in [2.75, 3.05) is 0 Å². The van der Waals surface area contributed by atoms with Gasteiger partial charge in [0.1, 0.15) is 11.4 Å². The van der Waals surface area contributed by atoms with Crippen LogP contribution in [0.5, 0.6) is 0 Å². The van der Waals surface area contributed by atoms with Gasteiger partial charge in [0.05, 0.1) is 18.2 Å². The van der Waals surface area contributed by atoms with Crippen LogP contribution >= 0.6 is 0 Å². The minimum Gasteiger partial charge on any atom is -0.326 e. The molecule has 0 amide bonds. The lowest BCUT2D eigenvalue weighted by molar-refractivity contribution is -0.141. The molecule has 3 heterocycles. The minimum absolute atomic E-state index is 0.0429. The highest BCUT2D eigenvalue weighted by Crippen LogP contribution is 2.39. The molecule has 3 rings (SSSR count). The quantitative estimate of drug-likeness (QED) is 0.771. The van der Waals surface area contributed by atoms with E-state index in [4.69, 9.17) is 0 Å². The maximum Gasteiger partial charge on any atom is 0.433 e. The molecule has 0 aromatic carbocycles. The van der Waals surface area contributed by atoms with Gasteiger partial charge in [-0.1, -0.05) is 0 Å². The Balaban J connectivity index is 2.22. The minimum atomic E-state index is -4.39. The SMILES string of the molecule is CC1Cc2c(n[nH]c2C(F)(F)F)-c2cncn21. The molecule has 1 aliphatic heterocycles. The van der Waals surface area contributed by atoms with Crippen molar-refractivity contribution in [3.8, 4) is 11.4 Å². The number of alkyl halides is 3. The summed E-state index contributed by atoms with van der Waals surface area (Å²) in [4.78, 5) is 3.95. The van der Waals surface area contributed by atoms with Crippen LogP contribution in [0.2, 0.25) is 0 Å². The summed E-state index contributed by atoms with van der Waals surface area (Å²) in [5.41, 5.74) is 0.475. The highest BCUT2D eigenvalue weighted by atomic mass is 19.4. The van der Waals surface area contributed by atoms with E-state index in [1.54, 1.807) is 6.33 Å². The van der Waals surface area contributed by atoms with Crippen LogP contribution < -0.4 is 0 Å². The zero-order valence-corrected chi connectivity index (χ0v) is 8.91. The molecule has 4 nitrogen and oxygen atoms in total. The number of fused-ring (bicyclic) bond motifs is 3. The summed E-state index contributed by atoms with van der Waals surface area (Å²) < 4.78 is 40.1. The third kappa shape index (κ3) is 1.38. The highest BCUT2D eigenvalue weighted by Gasteiger charge is 2.39. The lowest BCUT2D eigenvalue weighted by atomic mass is 9.98. The molecule has 1 unspecified atom stereocenters. The van der Waals surface area contributed by atoms with E-state index in [1.165, 1.54) is 6.20 Å². The number of nitrogens with one attached hydrogen (secondary N) is 1. The summed E-state index contributed by atoms with van der Waals surface area (Å²) in [6, 6.07) is -0.0429. The zero-order valence-electron chi connectivity index (χ0n) is 8.91. The van der Waals surface area contributed by atoms with E-state index < -0.39 is 11.9 Å². The smallest absolute Gasteiger partial charge is 0.326 e. The van der Waals surface area contributed by atoms with Crippen LogP contribution in [0.1, 0.15) is 24.2 Å². The Bertz CT molecular complexity index is 566. The fourth-order valence-electron chi connectivity index (χ4n) is 2.24. The lowest BCUT2D eigenvalue weighted by Crippen LogP contribution is -2.17. The largest absolute Gasteiger partial charge is 0.433 e. The van der Waals surface area contributed by atoms with Gasteiger partial charge in [0.15, 0.2) is 0 Å². The van der Waals surface area contributed by atoms with Crippen molar-refractivity contribution in [2.24, 2.45) is 0 Å². The third-order valence-electron chi connectivity index (χ3n) is 3.03. The third-order valence-corrected chi connectivity index (χ3v) is 3.03. The van der Waals surface area contributed by atoms with Crippen molar-refractivity contribution in [1.29, 1.82) is 0 Å². The van der Waals surface area contributed by atoms with Crippen LogP contribution in [0.3, 0.4) is 0 Å². The van der Waals surface area contributed by atoms with Crippen molar-refractivity contribution in [2.45, 2.75) is 25.6 Å². The van der Waals surface area contributed by atoms with Crippen molar-refractivity contribution in [3.63, 3.8) is 0 Å². The van der Waals surface area contributed by atoms with Crippen LogP contribution in [0.25, 0.3) is 11.4 Å². The first-order valence-corrected chi connectivity index (χ1v) is 5.15. The fourth-order valence-corrected chi connectivity index (χ4v) is 2.24. The average molecular weight is 242 g/mol. The summed E-state index contributed by atoms with van der Waals surface area (Å²) in [5.74, 6) is 0. The maximum atomic E-state index is 12.7. The van der Waals surface area contributed by atoms with E-state index >= 15 is 0 Å². The first-order chi connectivity index (χ1) is 7.98. The Morgan fingerprint density at radius 1 is 1.47 bits per heavy atom. The van der Waals surface area contributed by atoms with Crippen molar-refractivity contribution >= 4 is 0 Å². The van der Waals surface area contributed by atoms with Gasteiger partial charge in [-0.05, 0) is 13.3 Å². The van der Waals surface area contributed by atoms with Gasteiger partial charge < -0.3 is 4.57 Å². The second-order valence-corrected chi connectivity index (χ2v) is 4.16. The van der Waals surface area contributed by atoms with E-state index in [1.807, 2.05) is 11.5 Å². The summed E-state index contributed by atoms with van der Waals surface area (Å²) in [6.07, 6.45) is -0.924. The number of H-pyrrole nitrogens is 1. The lowest BCUT2D eigenvalue weighted by Gasteiger charge is -2.22. The molecular weight excluding hydrogens is 233 g/mol. The predicted octanol–water partition coefficient (Wildman–Crippen LogP) is 2.41. The molecule has 2 aromatic heterocycles. The van der Waals surface area contributed by atoms with E-state index in [-0.39, 0.29) is 11.6 Å². The van der Waals surface area contributed by atoms with Gasteiger partial charge in [-0.2, -0.15) is 18.3 Å². The van der Waals surface area contributed by atoms with E-state index in [0.717, 1.165) is 0 Å². The second kappa shape index (κ2) is 3.12. The number of hydrogen-bond acceptors (Lipinski definition) is 2. The molecule has 0 saturated heterocycles. The number of nitrogens with zero attached hydrogens (tertiary/aromatic N) is 3. The van der Waals surface area contributed by atoms with Crippen LogP contribution in [0, 0.1) is 0 Å². The predicted molar refractivity (Wildman–Crippen MR) is 53.2 cm³/mol. The Hall–Kier alpha value is -1.79. The van der Waals surface area contributed by atoms with E-state index in [9.17, 15) is 13.2 Å². The summed E-state index contributed by atoms with van der Waals surface area (Å²) in [6.45, 7) is 1.86. The van der Waals surface area contributed by atoms with Gasteiger partial charge in [0.25, 0.3) is 0 Å². The van der Waals surface area contributed by atoms with Crippen LogP contribution in [-0.2, 0) is 12.6 Å². The van der Waals surface area contributed by atoms with Crippen LogP contribution in [0.4, 0.5) is 13.2 Å². The molecule has 0 radical (unpaired) electrons. The van der Waals surface area contributed by atoms with Gasteiger partial charge in [-0.3, -0.25) is 5.10 Å². The number of rotatable bonds is 0. The molecule has 0 aliphatic carbocycles. The molecule has 1 N–H and O–H groups in total. The van der Waals surface area contributed by atoms with E-state index in [2.05, 4.69) is 15.2 Å². The molecule has 0 fully saturated rings. The van der Waals surface area contributed by atoms with Gasteiger partial charge in [-0.15, -0.1) is 0 Å². The molecule has 90 valence electrons. The molecule has 2 aromatic rings. The summed E-state index contributed by atoms with van der Waals surface area (Å²) >= 11 is 0. The fraction of sp³-hybridized carbons (Fsp3) is 0.400. The number of aromatic nitrogens is 4. The van der Waals surface area contributed by atoms with Crippen LogP contribution in [0.15, 0.2) is 12.5 Å². The van der Waals surface area contributed by atoms with Crippen molar-refractivity contribution < 1.29 is 13.2 Å². The normalized spacial score (nSPS) is 18.9.